The van der Waals surface area contributed by atoms with E-state index in [1.165, 1.54) is 5.01 Å². The summed E-state index contributed by atoms with van der Waals surface area (Å²) < 4.78 is 15.5. The summed E-state index contributed by atoms with van der Waals surface area (Å²) in [5.74, 6) is 0.619. The van der Waals surface area contributed by atoms with Gasteiger partial charge in [0.1, 0.15) is 5.75 Å². The number of benzene rings is 1. The lowest BCUT2D eigenvalue weighted by molar-refractivity contribution is 0.0539. The highest BCUT2D eigenvalue weighted by molar-refractivity contribution is 5.87. The second-order valence-electron chi connectivity index (χ2n) is 6.30. The van der Waals surface area contributed by atoms with E-state index in [1.807, 2.05) is 36.4 Å². The lowest BCUT2D eigenvalue weighted by Gasteiger charge is -2.31. The number of hydrogen-bond acceptors (Lipinski definition) is 5. The molecule has 3 rings (SSSR count). The van der Waals surface area contributed by atoms with Crippen molar-refractivity contribution in [2.24, 2.45) is 0 Å². The molecule has 0 saturated heterocycles. The summed E-state index contributed by atoms with van der Waals surface area (Å²) in [6.45, 7) is 3.83. The first-order valence-electron chi connectivity index (χ1n) is 9.30. The summed E-state index contributed by atoms with van der Waals surface area (Å²) in [4.78, 5) is 27.8. The van der Waals surface area contributed by atoms with Crippen LogP contribution in [-0.2, 0) is 9.47 Å². The Balaban J connectivity index is 1.91. The van der Waals surface area contributed by atoms with Gasteiger partial charge in [0.2, 0.25) is 0 Å². The van der Waals surface area contributed by atoms with E-state index >= 15 is 0 Å². The first-order valence-corrected chi connectivity index (χ1v) is 9.30. The quantitative estimate of drug-likeness (QED) is 0.603. The number of amides is 2. The van der Waals surface area contributed by atoms with Gasteiger partial charge in [-0.15, -0.1) is 0 Å². The van der Waals surface area contributed by atoms with Gasteiger partial charge in [-0.2, -0.15) is 0 Å². The molecule has 1 aromatic heterocycles. The van der Waals surface area contributed by atoms with Crippen LogP contribution < -0.4 is 10.2 Å². The average molecular weight is 387 g/mol. The molecule has 0 saturated carbocycles. The van der Waals surface area contributed by atoms with Crippen molar-refractivity contribution in [2.75, 3.05) is 20.3 Å². The van der Waals surface area contributed by atoms with Crippen LogP contribution in [0.4, 0.5) is 9.59 Å². The first-order chi connectivity index (χ1) is 13.6. The smallest absolute Gasteiger partial charge is 0.429 e. The maximum Gasteiger partial charge on any atom is 0.429 e. The number of H-pyrrole nitrogens is 1. The zero-order valence-electron chi connectivity index (χ0n) is 16.2. The van der Waals surface area contributed by atoms with Gasteiger partial charge in [0.05, 0.1) is 26.4 Å². The predicted molar refractivity (Wildman–Crippen MR) is 104 cm³/mol. The largest absolute Gasteiger partial charge is 0.496 e. The Kier molecular flexibility index (Phi) is 6.08. The van der Waals surface area contributed by atoms with E-state index in [1.54, 1.807) is 21.0 Å². The van der Waals surface area contributed by atoms with E-state index in [0.717, 1.165) is 22.3 Å². The lowest BCUT2D eigenvalue weighted by Crippen LogP contribution is -2.53. The molecule has 0 aliphatic heterocycles. The molecule has 0 unspecified atom stereocenters. The predicted octanol–water partition coefficient (Wildman–Crippen LogP) is 3.71. The number of carbonyl (C=O) groups is 2. The van der Waals surface area contributed by atoms with Gasteiger partial charge < -0.3 is 19.2 Å². The molecule has 1 aliphatic rings. The van der Waals surface area contributed by atoms with Gasteiger partial charge in [-0.3, -0.25) is 0 Å². The van der Waals surface area contributed by atoms with Crippen LogP contribution in [0.3, 0.4) is 0 Å². The first kappa shape index (κ1) is 19.6. The minimum atomic E-state index is -0.695. The Labute approximate surface area is 163 Å². The molecule has 2 N–H and O–H groups in total. The summed E-state index contributed by atoms with van der Waals surface area (Å²) in [7, 11) is 1.63. The normalized spacial score (nSPS) is 18.1. The fourth-order valence-electron chi connectivity index (χ4n) is 3.44. The number of methoxy groups -OCH3 is 1. The van der Waals surface area contributed by atoms with E-state index in [9.17, 15) is 9.59 Å². The minimum absolute atomic E-state index is 0.150. The van der Waals surface area contributed by atoms with Gasteiger partial charge in [-0.1, -0.05) is 18.2 Å². The average Bonchev–Trinajstić information content (AvgIpc) is 3.32. The molecule has 1 heterocycles. The molecule has 0 spiro atoms. The van der Waals surface area contributed by atoms with Crippen molar-refractivity contribution >= 4 is 23.1 Å². The highest BCUT2D eigenvalue weighted by Gasteiger charge is 2.36. The van der Waals surface area contributed by atoms with E-state index in [0.29, 0.717) is 6.42 Å². The van der Waals surface area contributed by atoms with Crippen molar-refractivity contribution in [3.63, 3.8) is 0 Å². The number of fused-ring (bicyclic) bond motifs is 1. The van der Waals surface area contributed by atoms with E-state index in [-0.39, 0.29) is 25.2 Å². The molecule has 1 aliphatic carbocycles. The maximum absolute atomic E-state index is 12.5. The number of hydrogen-bond donors (Lipinski definition) is 2. The van der Waals surface area contributed by atoms with Crippen LogP contribution in [0.1, 0.15) is 31.9 Å². The van der Waals surface area contributed by atoms with Crippen molar-refractivity contribution in [1.82, 2.24) is 15.4 Å². The van der Waals surface area contributed by atoms with Crippen LogP contribution in [-0.4, -0.2) is 48.5 Å². The fourth-order valence-corrected chi connectivity index (χ4v) is 3.44. The fraction of sp³-hybridized carbons (Fsp3) is 0.400. The summed E-state index contributed by atoms with van der Waals surface area (Å²) >= 11 is 0. The Morgan fingerprint density at radius 3 is 2.75 bits per heavy atom. The molecular formula is C20H25N3O5. The molecule has 8 heteroatoms. The number of ether oxygens (including phenoxy) is 3. The van der Waals surface area contributed by atoms with Crippen molar-refractivity contribution in [2.45, 2.75) is 32.2 Å². The second-order valence-corrected chi connectivity index (χ2v) is 6.30. The number of aromatic amines is 1. The van der Waals surface area contributed by atoms with Gasteiger partial charge in [0.15, 0.2) is 0 Å². The SMILES string of the molecule is CCOC(=O)NN(C(=O)OCC)[C@H]1CC=C[C@@H]1c1cc2c(OC)cccc2[nH]1. The highest BCUT2D eigenvalue weighted by Crippen LogP contribution is 2.35. The van der Waals surface area contributed by atoms with E-state index in [2.05, 4.69) is 10.4 Å². The number of rotatable bonds is 5. The third kappa shape index (κ3) is 3.90. The van der Waals surface area contributed by atoms with Gasteiger partial charge in [-0.25, -0.2) is 20.0 Å². The molecule has 0 radical (unpaired) electrons. The monoisotopic (exact) mass is 387 g/mol. The molecule has 2 atom stereocenters. The molecule has 2 amide bonds. The van der Waals surface area contributed by atoms with Crippen molar-refractivity contribution < 1.29 is 23.8 Å². The molecule has 0 fully saturated rings. The Hall–Kier alpha value is -3.16. The third-order valence-corrected chi connectivity index (χ3v) is 4.64. The standard InChI is InChI=1S/C20H25N3O5/c1-4-27-19(24)22-23(20(25)28-5-2)17-10-6-8-13(17)16-12-14-15(21-16)9-7-11-18(14)26-3/h6-9,11-13,17,21H,4-5,10H2,1-3H3,(H,22,24)/t13-,17+/m1/s1. The molecule has 0 bridgehead atoms. The van der Waals surface area contributed by atoms with Crippen LogP contribution in [0.25, 0.3) is 10.9 Å². The van der Waals surface area contributed by atoms with E-state index < -0.39 is 12.2 Å². The lowest BCUT2D eigenvalue weighted by atomic mass is 9.99. The minimum Gasteiger partial charge on any atom is -0.496 e. The second kappa shape index (κ2) is 8.69. The number of nitrogens with one attached hydrogen (secondary N) is 2. The summed E-state index contributed by atoms with van der Waals surface area (Å²) in [6.07, 6.45) is 3.25. The zero-order chi connectivity index (χ0) is 20.1. The topological polar surface area (TPSA) is 92.9 Å². The van der Waals surface area contributed by atoms with Crippen molar-refractivity contribution in [1.29, 1.82) is 0 Å². The number of hydrazine groups is 1. The van der Waals surface area contributed by atoms with Crippen molar-refractivity contribution in [3.05, 3.63) is 42.1 Å². The molecule has 150 valence electrons. The van der Waals surface area contributed by atoms with Crippen LogP contribution >= 0.6 is 0 Å². The molecular weight excluding hydrogens is 362 g/mol. The summed E-state index contributed by atoms with van der Waals surface area (Å²) in [5, 5.41) is 2.18. The summed E-state index contributed by atoms with van der Waals surface area (Å²) in [6, 6.07) is 7.44. The van der Waals surface area contributed by atoms with E-state index in [4.69, 9.17) is 14.2 Å². The zero-order valence-corrected chi connectivity index (χ0v) is 16.2. The molecule has 28 heavy (non-hydrogen) atoms. The van der Waals surface area contributed by atoms with Crippen LogP contribution in [0.15, 0.2) is 36.4 Å². The van der Waals surface area contributed by atoms with Crippen LogP contribution in [0.2, 0.25) is 0 Å². The van der Waals surface area contributed by atoms with Gasteiger partial charge >= 0.3 is 12.2 Å². The Bertz CT molecular complexity index is 876. The number of aromatic nitrogens is 1. The van der Waals surface area contributed by atoms with Gasteiger partial charge in [-0.05, 0) is 38.5 Å². The third-order valence-electron chi connectivity index (χ3n) is 4.64. The van der Waals surface area contributed by atoms with Crippen LogP contribution in [0.5, 0.6) is 5.75 Å². The Morgan fingerprint density at radius 2 is 2.04 bits per heavy atom. The number of nitrogens with zero attached hydrogens (tertiary/aromatic N) is 1. The van der Waals surface area contributed by atoms with Crippen molar-refractivity contribution in [3.8, 4) is 5.75 Å². The Morgan fingerprint density at radius 1 is 1.25 bits per heavy atom. The highest BCUT2D eigenvalue weighted by atomic mass is 16.6. The summed E-state index contributed by atoms with van der Waals surface area (Å²) in [5.41, 5.74) is 4.37. The molecule has 8 nitrogen and oxygen atoms in total. The van der Waals surface area contributed by atoms with Crippen LogP contribution in [0, 0.1) is 0 Å². The molecule has 1 aromatic carbocycles. The number of carbonyl (C=O) groups excluding carboxylic acids is 2. The van der Waals surface area contributed by atoms with Gasteiger partial charge in [0.25, 0.3) is 0 Å². The maximum atomic E-state index is 12.5. The molecule has 2 aromatic rings. The van der Waals surface area contributed by atoms with Gasteiger partial charge in [0, 0.05) is 22.5 Å².